The fourth-order valence-electron chi connectivity index (χ4n) is 1.24. The Morgan fingerprint density at radius 2 is 2.19 bits per heavy atom. The van der Waals surface area contributed by atoms with Crippen molar-refractivity contribution in [1.29, 1.82) is 0 Å². The highest BCUT2D eigenvalue weighted by atomic mass is 35.5. The summed E-state index contributed by atoms with van der Waals surface area (Å²) in [6.07, 6.45) is 0.260. The first-order valence-corrected chi connectivity index (χ1v) is 5.44. The molecule has 0 aliphatic carbocycles. The quantitative estimate of drug-likeness (QED) is 0.884. The number of halogens is 2. The van der Waals surface area contributed by atoms with Crippen molar-refractivity contribution in [2.24, 2.45) is 0 Å². The van der Waals surface area contributed by atoms with Crippen LogP contribution < -0.4 is 0 Å². The topological polar surface area (TPSA) is 37.3 Å². The number of carbonyl (C=O) groups is 1. The summed E-state index contributed by atoms with van der Waals surface area (Å²) in [4.78, 5) is 11.7. The van der Waals surface area contributed by atoms with Gasteiger partial charge in [0.15, 0.2) is 5.78 Å². The van der Waals surface area contributed by atoms with Crippen LogP contribution >= 0.6 is 11.6 Å². The predicted octanol–water partition coefficient (Wildman–Crippen LogP) is 2.75. The second kappa shape index (κ2) is 4.93. The lowest BCUT2D eigenvalue weighted by Crippen LogP contribution is -2.35. The van der Waals surface area contributed by atoms with Gasteiger partial charge in [0.25, 0.3) is 0 Å². The van der Waals surface area contributed by atoms with Gasteiger partial charge in [-0.15, -0.1) is 0 Å². The summed E-state index contributed by atoms with van der Waals surface area (Å²) in [6, 6.07) is 3.85. The van der Waals surface area contributed by atoms with E-state index in [4.69, 9.17) is 11.6 Å². The smallest absolute Gasteiger partial charge is 0.168 e. The highest BCUT2D eigenvalue weighted by Crippen LogP contribution is 2.21. The van der Waals surface area contributed by atoms with Gasteiger partial charge in [0.2, 0.25) is 0 Å². The number of hydrogen-bond donors (Lipinski definition) is 1. The molecule has 1 rings (SSSR count). The molecule has 1 aromatic carbocycles. The van der Waals surface area contributed by atoms with Gasteiger partial charge in [0.05, 0.1) is 0 Å². The summed E-state index contributed by atoms with van der Waals surface area (Å²) < 4.78 is 12.9. The highest BCUT2D eigenvalue weighted by Gasteiger charge is 2.28. The number of carbonyl (C=O) groups excluding carboxylic acids is 1. The number of ketones is 1. The minimum atomic E-state index is -1.38. The molecule has 1 N–H and O–H groups in total. The highest BCUT2D eigenvalue weighted by molar-refractivity contribution is 6.31. The fourth-order valence-corrected chi connectivity index (χ4v) is 1.42. The summed E-state index contributed by atoms with van der Waals surface area (Å²) in [5, 5.41) is 10.1. The normalized spacial score (nSPS) is 14.6. The molecule has 0 aliphatic rings. The molecule has 88 valence electrons. The minimum absolute atomic E-state index is 0.0581. The molecular formula is C12H14ClFO2. The van der Waals surface area contributed by atoms with Gasteiger partial charge in [-0.2, -0.15) is 0 Å². The van der Waals surface area contributed by atoms with Crippen LogP contribution in [0.2, 0.25) is 5.02 Å². The van der Waals surface area contributed by atoms with E-state index in [-0.39, 0.29) is 12.2 Å². The van der Waals surface area contributed by atoms with E-state index in [0.29, 0.717) is 17.0 Å². The third kappa shape index (κ3) is 3.03. The SMILES string of the molecule is CCC(C)(O)C(=O)Cc1cc(F)ccc1Cl. The molecule has 16 heavy (non-hydrogen) atoms. The molecule has 0 saturated heterocycles. The first-order chi connectivity index (χ1) is 7.36. The Bertz CT molecular complexity index is 402. The van der Waals surface area contributed by atoms with Crippen LogP contribution in [0.1, 0.15) is 25.8 Å². The van der Waals surface area contributed by atoms with E-state index in [1.807, 2.05) is 0 Å². The van der Waals surface area contributed by atoms with E-state index in [9.17, 15) is 14.3 Å². The molecule has 0 aromatic heterocycles. The van der Waals surface area contributed by atoms with Gasteiger partial charge in [-0.3, -0.25) is 4.79 Å². The van der Waals surface area contributed by atoms with Crippen molar-refractivity contribution >= 4 is 17.4 Å². The van der Waals surface area contributed by atoms with Crippen molar-refractivity contribution in [3.63, 3.8) is 0 Å². The van der Waals surface area contributed by atoms with Gasteiger partial charge in [0, 0.05) is 11.4 Å². The predicted molar refractivity (Wildman–Crippen MR) is 61.0 cm³/mol. The number of hydrogen-bond acceptors (Lipinski definition) is 2. The van der Waals surface area contributed by atoms with Gasteiger partial charge < -0.3 is 5.11 Å². The lowest BCUT2D eigenvalue weighted by atomic mass is 9.93. The molecule has 4 heteroatoms. The first kappa shape index (κ1) is 13.1. The van der Waals surface area contributed by atoms with E-state index in [1.54, 1.807) is 6.92 Å². The van der Waals surface area contributed by atoms with Crippen LogP contribution in [0.4, 0.5) is 4.39 Å². The summed E-state index contributed by atoms with van der Waals surface area (Å²) in [5.74, 6) is -0.800. The van der Waals surface area contributed by atoms with Crippen LogP contribution in [0.25, 0.3) is 0 Å². The Labute approximate surface area is 99.0 Å². The van der Waals surface area contributed by atoms with Crippen LogP contribution in [0.5, 0.6) is 0 Å². The summed E-state index contributed by atoms with van der Waals surface area (Å²) >= 11 is 5.83. The maximum Gasteiger partial charge on any atom is 0.168 e. The molecular weight excluding hydrogens is 231 g/mol. The molecule has 1 aromatic rings. The molecule has 2 nitrogen and oxygen atoms in total. The molecule has 1 unspecified atom stereocenters. The van der Waals surface area contributed by atoms with Crippen LogP contribution in [0, 0.1) is 5.82 Å². The standard InChI is InChI=1S/C12H14ClFO2/c1-3-12(2,16)11(15)7-8-6-9(14)4-5-10(8)13/h4-6,16H,3,7H2,1-2H3. The monoisotopic (exact) mass is 244 g/mol. The van der Waals surface area contributed by atoms with Crippen molar-refractivity contribution < 1.29 is 14.3 Å². The summed E-state index contributed by atoms with van der Waals surface area (Å²) in [7, 11) is 0. The van der Waals surface area contributed by atoms with E-state index in [2.05, 4.69) is 0 Å². The first-order valence-electron chi connectivity index (χ1n) is 5.06. The van der Waals surface area contributed by atoms with Gasteiger partial charge in [-0.25, -0.2) is 4.39 Å². The van der Waals surface area contributed by atoms with Crippen molar-refractivity contribution in [2.45, 2.75) is 32.3 Å². The van der Waals surface area contributed by atoms with Gasteiger partial charge in [-0.05, 0) is 37.1 Å². The molecule has 0 bridgehead atoms. The van der Waals surface area contributed by atoms with Crippen LogP contribution in [0.3, 0.4) is 0 Å². The molecule has 0 aliphatic heterocycles. The Hall–Kier alpha value is -0.930. The Morgan fingerprint density at radius 3 is 2.75 bits per heavy atom. The zero-order valence-electron chi connectivity index (χ0n) is 9.26. The number of aliphatic hydroxyl groups is 1. The third-order valence-corrected chi connectivity index (χ3v) is 3.02. The van der Waals surface area contributed by atoms with Gasteiger partial charge >= 0.3 is 0 Å². The lowest BCUT2D eigenvalue weighted by molar-refractivity contribution is -0.135. The molecule has 1 atom stereocenters. The maximum atomic E-state index is 12.9. The van der Waals surface area contributed by atoms with Crippen molar-refractivity contribution in [3.8, 4) is 0 Å². The molecule has 0 heterocycles. The largest absolute Gasteiger partial charge is 0.382 e. The number of rotatable bonds is 4. The number of Topliss-reactive ketones (excluding diaryl/α,β-unsaturated/α-hetero) is 1. The van der Waals surface area contributed by atoms with Gasteiger partial charge in [-0.1, -0.05) is 18.5 Å². The van der Waals surface area contributed by atoms with Crippen LogP contribution in [-0.2, 0) is 11.2 Å². The molecule has 0 fully saturated rings. The van der Waals surface area contributed by atoms with E-state index in [1.165, 1.54) is 25.1 Å². The Balaban J connectivity index is 2.89. The average Bonchev–Trinajstić information content (AvgIpc) is 2.23. The molecule has 0 amide bonds. The Morgan fingerprint density at radius 1 is 1.56 bits per heavy atom. The van der Waals surface area contributed by atoms with E-state index < -0.39 is 11.4 Å². The van der Waals surface area contributed by atoms with E-state index >= 15 is 0 Å². The third-order valence-electron chi connectivity index (χ3n) is 2.65. The van der Waals surface area contributed by atoms with Crippen molar-refractivity contribution in [3.05, 3.63) is 34.6 Å². The van der Waals surface area contributed by atoms with Crippen LogP contribution in [0.15, 0.2) is 18.2 Å². The second-order valence-corrected chi connectivity index (χ2v) is 4.37. The zero-order valence-corrected chi connectivity index (χ0v) is 10.0. The summed E-state index contributed by atoms with van der Waals surface area (Å²) in [5.41, 5.74) is -0.976. The summed E-state index contributed by atoms with van der Waals surface area (Å²) in [6.45, 7) is 3.16. The Kier molecular flexibility index (Phi) is 4.05. The average molecular weight is 245 g/mol. The number of benzene rings is 1. The minimum Gasteiger partial charge on any atom is -0.382 e. The van der Waals surface area contributed by atoms with Crippen LogP contribution in [-0.4, -0.2) is 16.5 Å². The maximum absolute atomic E-state index is 12.9. The molecule has 0 spiro atoms. The van der Waals surface area contributed by atoms with Crippen molar-refractivity contribution in [2.75, 3.05) is 0 Å². The fraction of sp³-hybridized carbons (Fsp3) is 0.417. The zero-order chi connectivity index (χ0) is 12.3. The molecule has 0 saturated carbocycles. The second-order valence-electron chi connectivity index (χ2n) is 3.96. The molecule has 0 radical (unpaired) electrons. The van der Waals surface area contributed by atoms with Gasteiger partial charge in [0.1, 0.15) is 11.4 Å². The van der Waals surface area contributed by atoms with E-state index in [0.717, 1.165) is 0 Å². The van der Waals surface area contributed by atoms with Crippen molar-refractivity contribution in [1.82, 2.24) is 0 Å². The lowest BCUT2D eigenvalue weighted by Gasteiger charge is -2.19.